The average Bonchev–Trinajstić information content (AvgIpc) is 2.93. The third-order valence-corrected chi connectivity index (χ3v) is 9.34. The fourth-order valence-electron chi connectivity index (χ4n) is 7.52. The van der Waals surface area contributed by atoms with Gasteiger partial charge in [0.15, 0.2) is 5.60 Å². The van der Waals surface area contributed by atoms with E-state index in [0.29, 0.717) is 5.56 Å². The van der Waals surface area contributed by atoms with Crippen LogP contribution in [0.1, 0.15) is 62.5 Å². The van der Waals surface area contributed by atoms with Crippen LogP contribution in [0.5, 0.6) is 5.75 Å². The van der Waals surface area contributed by atoms with Crippen molar-refractivity contribution in [3.05, 3.63) is 40.5 Å². The maximum absolute atomic E-state index is 11.4. The minimum atomic E-state index is -1.95. The molecule has 2 bridgehead atoms. The minimum Gasteiger partial charge on any atom is -0.547 e. The van der Waals surface area contributed by atoms with Crippen molar-refractivity contribution in [2.24, 2.45) is 11.8 Å². The van der Waals surface area contributed by atoms with Gasteiger partial charge in [-0.3, -0.25) is 0 Å². The number of nitrogens with zero attached hydrogens (tertiary/aromatic N) is 1. The molecule has 2 heterocycles. The number of hydrogen-bond acceptors (Lipinski definition) is 11. The Balaban J connectivity index is 0.00000323. The molecular formula is C28H32NNaO10. The Labute approximate surface area is 253 Å². The zero-order valence-corrected chi connectivity index (χ0v) is 24.6. The molecule has 40 heavy (non-hydrogen) atoms. The summed E-state index contributed by atoms with van der Waals surface area (Å²) in [7, 11) is 1.56. The van der Waals surface area contributed by atoms with E-state index in [9.17, 15) is 30.5 Å². The van der Waals surface area contributed by atoms with E-state index in [0.717, 1.165) is 44.9 Å². The van der Waals surface area contributed by atoms with E-state index in [-0.39, 0.29) is 52.7 Å². The number of methoxy groups -OCH3 is 1. The molecule has 2 aliphatic heterocycles. The van der Waals surface area contributed by atoms with Crippen LogP contribution in [0, 0.1) is 23.2 Å². The van der Waals surface area contributed by atoms with Crippen LogP contribution in [0.15, 0.2) is 29.3 Å². The maximum atomic E-state index is 11.4. The van der Waals surface area contributed by atoms with Crippen LogP contribution in [0.3, 0.4) is 0 Å². The minimum absolute atomic E-state index is 0. The van der Waals surface area contributed by atoms with Crippen LogP contribution in [-0.2, 0) is 29.8 Å². The number of benzene rings is 1. The van der Waals surface area contributed by atoms with E-state index >= 15 is 0 Å². The fourth-order valence-corrected chi connectivity index (χ4v) is 7.52. The zero-order valence-electron chi connectivity index (χ0n) is 22.6. The first-order chi connectivity index (χ1) is 18.8. The van der Waals surface area contributed by atoms with Crippen molar-refractivity contribution in [1.82, 2.24) is 0 Å². The van der Waals surface area contributed by atoms with Gasteiger partial charge in [0.05, 0.1) is 11.5 Å². The van der Waals surface area contributed by atoms with Crippen LogP contribution < -0.4 is 39.4 Å². The summed E-state index contributed by atoms with van der Waals surface area (Å²) < 4.78 is 17.1. The van der Waals surface area contributed by atoms with Crippen molar-refractivity contribution in [1.29, 1.82) is 5.26 Å². The summed E-state index contributed by atoms with van der Waals surface area (Å²) in [6, 6.07) is 6.77. The van der Waals surface area contributed by atoms with Gasteiger partial charge in [0, 0.05) is 24.5 Å². The monoisotopic (exact) mass is 565 g/mol. The molecule has 3 fully saturated rings. The number of nitriles is 1. The van der Waals surface area contributed by atoms with Gasteiger partial charge in [-0.2, -0.15) is 10.1 Å². The van der Waals surface area contributed by atoms with E-state index < -0.39 is 48.1 Å². The van der Waals surface area contributed by atoms with Gasteiger partial charge in [0.1, 0.15) is 36.2 Å². The molecule has 6 rings (SSSR count). The number of fused-ring (bicyclic) bond motifs is 1. The Morgan fingerprint density at radius 1 is 1.10 bits per heavy atom. The van der Waals surface area contributed by atoms with Crippen molar-refractivity contribution in [2.45, 2.75) is 93.5 Å². The van der Waals surface area contributed by atoms with Crippen LogP contribution >= 0.6 is 0 Å². The maximum Gasteiger partial charge on any atom is 1.00 e. The second-order valence-electron chi connectivity index (χ2n) is 11.2. The third-order valence-electron chi connectivity index (χ3n) is 9.34. The summed E-state index contributed by atoms with van der Waals surface area (Å²) in [6.07, 6.45) is -0.827. The molecule has 12 heteroatoms. The Hall–Kier alpha value is -1.56. The summed E-state index contributed by atoms with van der Waals surface area (Å²) in [5.41, 5.74) is 2.83. The van der Waals surface area contributed by atoms with Crippen LogP contribution in [0.2, 0.25) is 0 Å². The topological polar surface area (TPSA) is 171 Å². The molecule has 2 saturated heterocycles. The summed E-state index contributed by atoms with van der Waals surface area (Å²) >= 11 is 0. The molecule has 1 aromatic carbocycles. The number of allylic oxidation sites excluding steroid dienone is 1. The average molecular weight is 566 g/mol. The molecule has 6 unspecified atom stereocenters. The van der Waals surface area contributed by atoms with Crippen molar-refractivity contribution in [2.75, 3.05) is 7.11 Å². The van der Waals surface area contributed by atoms with Gasteiger partial charge >= 0.3 is 29.6 Å². The number of aliphatic hydroxyl groups excluding tert-OH is 3. The van der Waals surface area contributed by atoms with Gasteiger partial charge < -0.3 is 39.4 Å². The summed E-state index contributed by atoms with van der Waals surface area (Å²) in [4.78, 5) is 23.4. The number of carbonyl (C=O) groups excluding carboxylic acids is 1. The fraction of sp³-hybridized carbons (Fsp3) is 0.643. The van der Waals surface area contributed by atoms with Gasteiger partial charge in [-0.1, -0.05) is 23.6 Å². The van der Waals surface area contributed by atoms with Crippen LogP contribution in [0.25, 0.3) is 0 Å². The van der Waals surface area contributed by atoms with Gasteiger partial charge in [0.25, 0.3) is 5.79 Å². The molecule has 0 aromatic heterocycles. The van der Waals surface area contributed by atoms with Crippen molar-refractivity contribution in [3.63, 3.8) is 0 Å². The normalized spacial score (nSPS) is 40.3. The Morgan fingerprint density at radius 3 is 2.55 bits per heavy atom. The number of aliphatic carboxylic acids is 1. The number of aliphatic hydroxyl groups is 3. The smallest absolute Gasteiger partial charge is 0.547 e. The molecule has 11 nitrogen and oxygen atoms in total. The second kappa shape index (κ2) is 11.3. The third kappa shape index (κ3) is 4.28. The predicted molar refractivity (Wildman–Crippen MR) is 128 cm³/mol. The Morgan fingerprint density at radius 2 is 1.88 bits per heavy atom. The molecule has 5 aliphatic rings. The number of rotatable bonds is 5. The molecule has 1 aromatic rings. The molecule has 0 amide bonds. The molecule has 3 aliphatic carbocycles. The SMILES string of the molecule is COC1(c2ccc(C#N)c(O[C@@H]3OC(C(=O)[O-])[C@@H](O)[C@H](O)C3O)c2)OOC12C1CCCC2C2=C(CCCC2)C1.[Na+]. The first-order valence-corrected chi connectivity index (χ1v) is 13.5. The molecule has 1 saturated carbocycles. The molecule has 1 spiro atoms. The second-order valence-corrected chi connectivity index (χ2v) is 11.2. The van der Waals surface area contributed by atoms with Gasteiger partial charge in [-0.25, -0.2) is 4.89 Å². The number of carboxylic acid groups (broad SMARTS) is 1. The van der Waals surface area contributed by atoms with Crippen LogP contribution in [0.4, 0.5) is 0 Å². The van der Waals surface area contributed by atoms with Crippen molar-refractivity contribution in [3.8, 4) is 11.8 Å². The van der Waals surface area contributed by atoms with Crippen LogP contribution in [-0.4, -0.2) is 64.7 Å². The number of carbonyl (C=O) groups is 1. The largest absolute Gasteiger partial charge is 1.00 e. The zero-order chi connectivity index (χ0) is 27.5. The molecule has 3 N–H and O–H groups in total. The van der Waals surface area contributed by atoms with E-state index in [1.165, 1.54) is 29.7 Å². The Kier molecular flexibility index (Phi) is 8.42. The number of carboxylic acids is 1. The number of hydrogen-bond donors (Lipinski definition) is 3. The van der Waals surface area contributed by atoms with Crippen molar-refractivity contribution < 1.29 is 78.8 Å². The molecule has 0 radical (unpaired) electrons. The summed E-state index contributed by atoms with van der Waals surface area (Å²) in [6.45, 7) is 0. The van der Waals surface area contributed by atoms with E-state index in [1.54, 1.807) is 13.2 Å². The molecule has 210 valence electrons. The van der Waals surface area contributed by atoms with Crippen molar-refractivity contribution >= 4 is 5.97 Å². The van der Waals surface area contributed by atoms with E-state index in [1.807, 2.05) is 6.07 Å². The standard InChI is InChI=1S/C28H33NO10.Na/c1-35-28(27(38-39-28)16-6-4-8-19(27)18-7-3-2-5-14(18)11-16)17-10-9-15(13-29)20(12-17)36-26-23(32)21(30)22(31)24(37-26)25(33)34;/h9-10,12,16,19,21-24,26,30-32H,2-8,11H2,1H3,(H,33,34);/q;+1/p-1/t16?,19?,21-,22-,23?,24?,26+,27?,28?;/m0./s1. The molecular weight excluding hydrogens is 533 g/mol. The molecule has 9 atom stereocenters. The predicted octanol–water partition coefficient (Wildman–Crippen LogP) is -2.31. The van der Waals surface area contributed by atoms with Gasteiger partial charge in [-0.05, 0) is 57.1 Å². The quantitative estimate of drug-likeness (QED) is 0.199. The Bertz CT molecular complexity index is 1230. The van der Waals surface area contributed by atoms with E-state index in [4.69, 9.17) is 24.0 Å². The number of ether oxygens (including phenoxy) is 3. The van der Waals surface area contributed by atoms with Gasteiger partial charge in [-0.15, -0.1) is 0 Å². The van der Waals surface area contributed by atoms with Gasteiger partial charge in [0.2, 0.25) is 6.29 Å². The summed E-state index contributed by atoms with van der Waals surface area (Å²) in [5.74, 6) is -2.82. The first kappa shape index (κ1) is 29.9. The first-order valence-electron chi connectivity index (χ1n) is 13.5. The van der Waals surface area contributed by atoms with E-state index in [2.05, 4.69) is 0 Å². The summed E-state index contributed by atoms with van der Waals surface area (Å²) in [5, 5.41) is 51.8.